The molecule has 1 heterocycles. The third-order valence-corrected chi connectivity index (χ3v) is 3.14. The van der Waals surface area contributed by atoms with E-state index in [1.807, 2.05) is 0 Å². The number of benzene rings is 1. The Morgan fingerprint density at radius 1 is 1.45 bits per heavy atom. The van der Waals surface area contributed by atoms with Gasteiger partial charge >= 0.3 is 5.97 Å². The van der Waals surface area contributed by atoms with E-state index in [1.54, 1.807) is 19.1 Å². The fourth-order valence-corrected chi connectivity index (χ4v) is 2.15. The lowest BCUT2D eigenvalue weighted by molar-refractivity contribution is 0.0520. The highest BCUT2D eigenvalue weighted by atomic mass is 16.5. The number of fused-ring (bicyclic) bond motifs is 1. The number of phenolic OH excluding ortho intramolecular Hbond substituents is 1. The fraction of sp³-hybridized carbons (Fsp3) is 0.250. The van der Waals surface area contributed by atoms with Gasteiger partial charge < -0.3 is 20.1 Å². The highest BCUT2D eigenvalue weighted by molar-refractivity contribution is 6.11. The van der Waals surface area contributed by atoms with Gasteiger partial charge in [0.1, 0.15) is 11.4 Å². The van der Waals surface area contributed by atoms with Crippen molar-refractivity contribution in [2.45, 2.75) is 6.92 Å². The van der Waals surface area contributed by atoms with Gasteiger partial charge in [-0.1, -0.05) is 6.08 Å². The predicted molar refractivity (Wildman–Crippen MR) is 83.3 cm³/mol. The molecule has 0 spiro atoms. The Hall–Kier alpha value is -2.60. The zero-order valence-electron chi connectivity index (χ0n) is 12.3. The van der Waals surface area contributed by atoms with Crippen molar-refractivity contribution in [3.05, 3.63) is 42.1 Å². The molecule has 2 aromatic rings. The minimum absolute atomic E-state index is 0.0267. The van der Waals surface area contributed by atoms with Crippen molar-refractivity contribution in [1.82, 2.24) is 10.3 Å². The highest BCUT2D eigenvalue weighted by Gasteiger charge is 2.18. The lowest BCUT2D eigenvalue weighted by atomic mass is 10.1. The number of hydrogen-bond acceptors (Lipinski definition) is 5. The molecule has 2 rings (SSSR count). The molecule has 1 aromatic carbocycles. The summed E-state index contributed by atoms with van der Waals surface area (Å²) in [5, 5.41) is 13.3. The molecule has 0 aliphatic carbocycles. The zero-order chi connectivity index (χ0) is 16.1. The monoisotopic (exact) mass is 302 g/mol. The molecule has 0 amide bonds. The van der Waals surface area contributed by atoms with Gasteiger partial charge in [0.25, 0.3) is 0 Å². The van der Waals surface area contributed by atoms with Crippen LogP contribution in [0.1, 0.15) is 27.8 Å². The van der Waals surface area contributed by atoms with Crippen molar-refractivity contribution < 1.29 is 19.4 Å². The molecule has 0 unspecified atom stereocenters. The van der Waals surface area contributed by atoms with E-state index < -0.39 is 5.97 Å². The van der Waals surface area contributed by atoms with Gasteiger partial charge in [-0.15, -0.1) is 6.58 Å². The van der Waals surface area contributed by atoms with E-state index in [4.69, 9.17) is 4.74 Å². The Balaban J connectivity index is 2.39. The van der Waals surface area contributed by atoms with Gasteiger partial charge in [0.2, 0.25) is 0 Å². The summed E-state index contributed by atoms with van der Waals surface area (Å²) in [6.45, 7) is 6.19. The molecule has 6 heteroatoms. The second-order valence-electron chi connectivity index (χ2n) is 4.67. The maximum absolute atomic E-state index is 12.2. The topological polar surface area (TPSA) is 91.4 Å². The number of Topliss-reactive ketones (excluding diaryl/α,β-unsaturated/α-hetero) is 1. The number of phenols is 1. The average molecular weight is 302 g/mol. The third kappa shape index (κ3) is 3.17. The predicted octanol–water partition coefficient (Wildman–Crippen LogP) is 2.01. The van der Waals surface area contributed by atoms with Crippen molar-refractivity contribution in [2.24, 2.45) is 0 Å². The van der Waals surface area contributed by atoms with Crippen LogP contribution in [-0.4, -0.2) is 41.5 Å². The number of ether oxygens (including phenoxy) is 1. The minimum Gasteiger partial charge on any atom is -0.506 e. The van der Waals surface area contributed by atoms with Crippen molar-refractivity contribution >= 4 is 22.7 Å². The normalized spacial score (nSPS) is 10.6. The summed E-state index contributed by atoms with van der Waals surface area (Å²) in [5.74, 6) is -0.691. The van der Waals surface area contributed by atoms with E-state index in [0.717, 1.165) is 0 Å². The Labute approximate surface area is 127 Å². The largest absolute Gasteiger partial charge is 0.506 e. The van der Waals surface area contributed by atoms with Crippen LogP contribution in [0.5, 0.6) is 5.75 Å². The number of carbonyl (C=O) groups excluding carboxylic acids is 2. The van der Waals surface area contributed by atoms with E-state index >= 15 is 0 Å². The van der Waals surface area contributed by atoms with Crippen LogP contribution in [0.15, 0.2) is 30.9 Å². The van der Waals surface area contributed by atoms with Gasteiger partial charge in [-0.05, 0) is 25.1 Å². The number of nitrogens with one attached hydrogen (secondary N) is 2. The number of carbonyl (C=O) groups is 2. The molecule has 6 nitrogen and oxygen atoms in total. The van der Waals surface area contributed by atoms with Gasteiger partial charge in [-0.25, -0.2) is 4.79 Å². The fourth-order valence-electron chi connectivity index (χ4n) is 2.15. The molecule has 0 fully saturated rings. The first-order valence-corrected chi connectivity index (χ1v) is 6.95. The van der Waals surface area contributed by atoms with Crippen LogP contribution in [0.4, 0.5) is 0 Å². The van der Waals surface area contributed by atoms with Crippen LogP contribution in [-0.2, 0) is 4.74 Å². The molecule has 0 saturated heterocycles. The first kappa shape index (κ1) is 15.8. The molecule has 1 aromatic heterocycles. The third-order valence-electron chi connectivity index (χ3n) is 3.14. The Kier molecular flexibility index (Phi) is 4.95. The maximum Gasteiger partial charge on any atom is 0.354 e. The van der Waals surface area contributed by atoms with Crippen molar-refractivity contribution in [3.8, 4) is 5.75 Å². The van der Waals surface area contributed by atoms with Gasteiger partial charge in [-0.2, -0.15) is 0 Å². The maximum atomic E-state index is 12.2. The van der Waals surface area contributed by atoms with Gasteiger partial charge in [0.05, 0.1) is 18.7 Å². The molecule has 0 aliphatic heterocycles. The summed E-state index contributed by atoms with van der Waals surface area (Å²) in [5.41, 5.74) is 0.972. The molecule has 0 aliphatic rings. The standard InChI is InChI=1S/C16H18N2O4/c1-3-7-17-9-14(20)10-5-6-13(19)15-11(10)8-12(18-15)16(21)22-4-2/h3,5-6,8,17-19H,1,4,7,9H2,2H3. The number of esters is 1. The van der Waals surface area contributed by atoms with E-state index in [-0.39, 0.29) is 30.4 Å². The highest BCUT2D eigenvalue weighted by Crippen LogP contribution is 2.28. The number of aromatic nitrogens is 1. The van der Waals surface area contributed by atoms with Crippen LogP contribution in [0, 0.1) is 0 Å². The number of ketones is 1. The molecule has 22 heavy (non-hydrogen) atoms. The molecule has 116 valence electrons. The van der Waals surface area contributed by atoms with Crippen molar-refractivity contribution in [2.75, 3.05) is 19.7 Å². The summed E-state index contributed by atoms with van der Waals surface area (Å²) in [6.07, 6.45) is 1.66. The molecule has 0 radical (unpaired) electrons. The second-order valence-corrected chi connectivity index (χ2v) is 4.67. The van der Waals surface area contributed by atoms with E-state index in [1.165, 1.54) is 12.1 Å². The van der Waals surface area contributed by atoms with Crippen LogP contribution in [0.2, 0.25) is 0 Å². The van der Waals surface area contributed by atoms with Gasteiger partial charge in [0.15, 0.2) is 5.78 Å². The molecular formula is C16H18N2O4. The van der Waals surface area contributed by atoms with E-state index in [2.05, 4.69) is 16.9 Å². The summed E-state index contributed by atoms with van der Waals surface area (Å²) < 4.78 is 4.92. The van der Waals surface area contributed by atoms with Gasteiger partial charge in [0, 0.05) is 17.5 Å². The molecular weight excluding hydrogens is 284 g/mol. The first-order valence-electron chi connectivity index (χ1n) is 6.95. The Morgan fingerprint density at radius 2 is 2.23 bits per heavy atom. The molecule has 0 bridgehead atoms. The lowest BCUT2D eigenvalue weighted by Gasteiger charge is -2.04. The summed E-state index contributed by atoms with van der Waals surface area (Å²) in [7, 11) is 0. The van der Waals surface area contributed by atoms with Crippen LogP contribution in [0.3, 0.4) is 0 Å². The lowest BCUT2D eigenvalue weighted by Crippen LogP contribution is -2.23. The van der Waals surface area contributed by atoms with E-state index in [9.17, 15) is 14.7 Å². The first-order chi connectivity index (χ1) is 10.6. The smallest absolute Gasteiger partial charge is 0.354 e. The van der Waals surface area contributed by atoms with E-state index in [0.29, 0.717) is 23.0 Å². The average Bonchev–Trinajstić information content (AvgIpc) is 2.94. The SMILES string of the molecule is C=CCNCC(=O)c1ccc(O)c2[nH]c(C(=O)OCC)cc12. The number of aromatic amines is 1. The number of H-pyrrole nitrogens is 1. The number of hydrogen-bond donors (Lipinski definition) is 3. The number of rotatable bonds is 7. The van der Waals surface area contributed by atoms with Crippen LogP contribution in [0.25, 0.3) is 10.9 Å². The Morgan fingerprint density at radius 3 is 2.91 bits per heavy atom. The van der Waals surface area contributed by atoms with Gasteiger partial charge in [-0.3, -0.25) is 4.79 Å². The quantitative estimate of drug-likeness (QED) is 0.315. The van der Waals surface area contributed by atoms with Crippen molar-refractivity contribution in [3.63, 3.8) is 0 Å². The summed E-state index contributed by atoms with van der Waals surface area (Å²) >= 11 is 0. The van der Waals surface area contributed by atoms with Crippen molar-refractivity contribution in [1.29, 1.82) is 0 Å². The second kappa shape index (κ2) is 6.91. The van der Waals surface area contributed by atoms with Crippen LogP contribution >= 0.6 is 0 Å². The van der Waals surface area contributed by atoms with Crippen LogP contribution < -0.4 is 5.32 Å². The summed E-state index contributed by atoms with van der Waals surface area (Å²) in [4.78, 5) is 26.8. The summed E-state index contributed by atoms with van der Waals surface area (Å²) in [6, 6.07) is 4.49. The Bertz CT molecular complexity index is 718. The molecule has 3 N–H and O–H groups in total. The minimum atomic E-state index is -0.527. The molecule has 0 atom stereocenters. The zero-order valence-corrected chi connectivity index (χ0v) is 12.3. The number of aromatic hydroxyl groups is 1. The molecule has 0 saturated carbocycles.